The maximum absolute atomic E-state index is 5.86. The molecule has 112 valence electrons. The molecule has 3 atom stereocenters. The van der Waals surface area contributed by atoms with Crippen LogP contribution in [0.4, 0.5) is 0 Å². The second kappa shape index (κ2) is 7.65. The minimum Gasteiger partial charge on any atom is -0.497 e. The molecule has 20 heavy (non-hydrogen) atoms. The minimum atomic E-state index is 0.368. The quantitative estimate of drug-likeness (QED) is 0.619. The molecule has 0 aromatic heterocycles. The van der Waals surface area contributed by atoms with Gasteiger partial charge in [0.2, 0.25) is 0 Å². The zero-order valence-electron chi connectivity index (χ0n) is 12.8. The van der Waals surface area contributed by atoms with Crippen molar-refractivity contribution in [2.45, 2.75) is 51.5 Å². The summed E-state index contributed by atoms with van der Waals surface area (Å²) in [6, 6.07) is 8.70. The van der Waals surface area contributed by atoms with Crippen molar-refractivity contribution in [3.63, 3.8) is 0 Å². The summed E-state index contributed by atoms with van der Waals surface area (Å²) in [5.41, 5.74) is 4.38. The number of hydrogen-bond acceptors (Lipinski definition) is 3. The van der Waals surface area contributed by atoms with Gasteiger partial charge in [-0.1, -0.05) is 44.7 Å². The highest BCUT2D eigenvalue weighted by Gasteiger charge is 2.30. The number of rotatable bonds is 6. The molecule has 1 aliphatic carbocycles. The second-order valence-corrected chi connectivity index (χ2v) is 5.95. The van der Waals surface area contributed by atoms with E-state index >= 15 is 0 Å². The molecule has 3 N–H and O–H groups in total. The van der Waals surface area contributed by atoms with E-state index < -0.39 is 0 Å². The van der Waals surface area contributed by atoms with Crippen LogP contribution in [0.2, 0.25) is 0 Å². The second-order valence-electron chi connectivity index (χ2n) is 5.95. The highest BCUT2D eigenvalue weighted by atomic mass is 16.5. The van der Waals surface area contributed by atoms with Gasteiger partial charge in [0, 0.05) is 6.04 Å². The van der Waals surface area contributed by atoms with E-state index in [0.717, 1.165) is 18.1 Å². The van der Waals surface area contributed by atoms with E-state index in [9.17, 15) is 0 Å². The molecule has 3 heteroatoms. The maximum Gasteiger partial charge on any atom is 0.119 e. The Morgan fingerprint density at radius 1 is 1.35 bits per heavy atom. The van der Waals surface area contributed by atoms with Gasteiger partial charge in [-0.2, -0.15) is 0 Å². The van der Waals surface area contributed by atoms with Crippen molar-refractivity contribution in [1.29, 1.82) is 0 Å². The summed E-state index contributed by atoms with van der Waals surface area (Å²) in [7, 11) is 1.71. The van der Waals surface area contributed by atoms with Crippen LogP contribution < -0.4 is 16.0 Å². The first-order valence-electron chi connectivity index (χ1n) is 7.87. The van der Waals surface area contributed by atoms with Crippen molar-refractivity contribution < 1.29 is 4.74 Å². The molecule has 1 saturated carbocycles. The average Bonchev–Trinajstić information content (AvgIpc) is 2.52. The molecule has 0 spiro atoms. The van der Waals surface area contributed by atoms with Gasteiger partial charge in [-0.05, 0) is 42.4 Å². The molecule has 3 nitrogen and oxygen atoms in total. The topological polar surface area (TPSA) is 47.3 Å². The van der Waals surface area contributed by atoms with E-state index in [1.807, 2.05) is 6.07 Å². The Hall–Kier alpha value is -1.06. The molecule has 0 saturated heterocycles. The van der Waals surface area contributed by atoms with Crippen LogP contribution >= 0.6 is 0 Å². The van der Waals surface area contributed by atoms with Crippen LogP contribution in [-0.4, -0.2) is 13.2 Å². The molecule has 1 aromatic rings. The normalized spacial score (nSPS) is 24.4. The maximum atomic E-state index is 5.86. The number of benzene rings is 1. The van der Waals surface area contributed by atoms with E-state index in [0.29, 0.717) is 12.0 Å². The molecule has 2 rings (SSSR count). The third-order valence-corrected chi connectivity index (χ3v) is 4.81. The summed E-state index contributed by atoms with van der Waals surface area (Å²) < 4.78 is 5.31. The van der Waals surface area contributed by atoms with Crippen LogP contribution in [0.5, 0.6) is 5.75 Å². The summed E-state index contributed by atoms with van der Waals surface area (Å²) in [5, 5.41) is 0. The lowest BCUT2D eigenvalue weighted by molar-refractivity contribution is 0.174. The number of methoxy groups -OCH3 is 1. The first-order valence-corrected chi connectivity index (χ1v) is 7.87. The number of nitrogens with one attached hydrogen (secondary N) is 1. The Labute approximate surface area is 122 Å². The summed E-state index contributed by atoms with van der Waals surface area (Å²) in [5.74, 6) is 8.30. The predicted octanol–water partition coefficient (Wildman–Crippen LogP) is 3.29. The molecule has 3 unspecified atom stereocenters. The van der Waals surface area contributed by atoms with Crippen molar-refractivity contribution in [1.82, 2.24) is 5.43 Å². The molecule has 0 radical (unpaired) electrons. The van der Waals surface area contributed by atoms with E-state index in [2.05, 4.69) is 30.5 Å². The van der Waals surface area contributed by atoms with Crippen molar-refractivity contribution in [2.75, 3.05) is 7.11 Å². The molecule has 1 fully saturated rings. The monoisotopic (exact) mass is 276 g/mol. The summed E-state index contributed by atoms with van der Waals surface area (Å²) >= 11 is 0. The van der Waals surface area contributed by atoms with Gasteiger partial charge < -0.3 is 4.74 Å². The predicted molar refractivity (Wildman–Crippen MR) is 83.5 cm³/mol. The van der Waals surface area contributed by atoms with Crippen LogP contribution in [-0.2, 0) is 6.42 Å². The van der Waals surface area contributed by atoms with Crippen LogP contribution in [0, 0.1) is 11.8 Å². The van der Waals surface area contributed by atoms with E-state index in [4.69, 9.17) is 10.6 Å². The highest BCUT2D eigenvalue weighted by Crippen LogP contribution is 2.35. The van der Waals surface area contributed by atoms with Gasteiger partial charge >= 0.3 is 0 Å². The van der Waals surface area contributed by atoms with Crippen molar-refractivity contribution in [2.24, 2.45) is 17.7 Å². The van der Waals surface area contributed by atoms with Gasteiger partial charge in [-0.25, -0.2) is 0 Å². The van der Waals surface area contributed by atoms with Crippen LogP contribution in [0.3, 0.4) is 0 Å². The van der Waals surface area contributed by atoms with Gasteiger partial charge in [-0.15, -0.1) is 0 Å². The fourth-order valence-electron chi connectivity index (χ4n) is 3.66. The standard InChI is InChI=1S/C17H28N2O/c1-3-14-8-4-5-10-16(14)17(19-18)12-13-7-6-9-15(11-13)20-2/h6-7,9,11,14,16-17,19H,3-5,8,10,12,18H2,1-2H3. The summed E-state index contributed by atoms with van der Waals surface area (Å²) in [4.78, 5) is 0. The van der Waals surface area contributed by atoms with Crippen molar-refractivity contribution in [3.05, 3.63) is 29.8 Å². The smallest absolute Gasteiger partial charge is 0.119 e. The zero-order valence-corrected chi connectivity index (χ0v) is 12.8. The Balaban J connectivity index is 2.06. The van der Waals surface area contributed by atoms with Crippen LogP contribution in [0.15, 0.2) is 24.3 Å². The minimum absolute atomic E-state index is 0.368. The van der Waals surface area contributed by atoms with Gasteiger partial charge in [0.05, 0.1) is 7.11 Å². The highest BCUT2D eigenvalue weighted by molar-refractivity contribution is 5.29. The first-order chi connectivity index (χ1) is 9.78. The first kappa shape index (κ1) is 15.3. The molecule has 0 aliphatic heterocycles. The lowest BCUT2D eigenvalue weighted by atomic mass is 9.73. The van der Waals surface area contributed by atoms with Gasteiger partial charge in [-0.3, -0.25) is 11.3 Å². The van der Waals surface area contributed by atoms with E-state index in [1.165, 1.54) is 37.7 Å². The molecule has 1 aliphatic rings. The average molecular weight is 276 g/mol. The molecule has 0 amide bonds. The Morgan fingerprint density at radius 3 is 2.85 bits per heavy atom. The van der Waals surface area contributed by atoms with Crippen molar-refractivity contribution in [3.8, 4) is 5.75 Å². The fraction of sp³-hybridized carbons (Fsp3) is 0.647. The van der Waals surface area contributed by atoms with Crippen molar-refractivity contribution >= 4 is 0 Å². The third-order valence-electron chi connectivity index (χ3n) is 4.81. The molecule has 0 heterocycles. The van der Waals surface area contributed by atoms with Gasteiger partial charge in [0.15, 0.2) is 0 Å². The number of nitrogens with two attached hydrogens (primary N) is 1. The number of ether oxygens (including phenoxy) is 1. The molecular weight excluding hydrogens is 248 g/mol. The fourth-order valence-corrected chi connectivity index (χ4v) is 3.66. The van der Waals surface area contributed by atoms with E-state index in [1.54, 1.807) is 7.11 Å². The Morgan fingerprint density at radius 2 is 2.15 bits per heavy atom. The van der Waals surface area contributed by atoms with Crippen LogP contribution in [0.1, 0.15) is 44.6 Å². The van der Waals surface area contributed by atoms with Gasteiger partial charge in [0.25, 0.3) is 0 Å². The largest absolute Gasteiger partial charge is 0.497 e. The Kier molecular flexibility index (Phi) is 5.86. The molecule has 1 aromatic carbocycles. The zero-order chi connectivity index (χ0) is 14.4. The summed E-state index contributed by atoms with van der Waals surface area (Å²) in [6.07, 6.45) is 7.63. The van der Waals surface area contributed by atoms with Crippen LogP contribution in [0.25, 0.3) is 0 Å². The summed E-state index contributed by atoms with van der Waals surface area (Å²) in [6.45, 7) is 2.31. The third kappa shape index (κ3) is 3.74. The van der Waals surface area contributed by atoms with Gasteiger partial charge in [0.1, 0.15) is 5.75 Å². The lowest BCUT2D eigenvalue weighted by Gasteiger charge is -2.36. The molecular formula is C17H28N2O. The van der Waals surface area contributed by atoms with E-state index in [-0.39, 0.29) is 0 Å². The molecule has 0 bridgehead atoms. The number of hydrazine groups is 1. The Bertz CT molecular complexity index is 408. The lowest BCUT2D eigenvalue weighted by Crippen LogP contribution is -2.46. The SMILES string of the molecule is CCC1CCCCC1C(Cc1cccc(OC)c1)NN. The number of hydrogen-bond donors (Lipinski definition) is 2.